The SMILES string of the molecule is C=CCN(C/C(=N/O)c1ccns1)C(=O)O. The Labute approximate surface area is 96.3 Å². The zero-order valence-corrected chi connectivity index (χ0v) is 9.22. The molecule has 0 radical (unpaired) electrons. The smallest absolute Gasteiger partial charge is 0.407 e. The van der Waals surface area contributed by atoms with Crippen LogP contribution in [0.1, 0.15) is 4.88 Å². The Morgan fingerprint density at radius 3 is 2.94 bits per heavy atom. The van der Waals surface area contributed by atoms with E-state index in [1.807, 2.05) is 0 Å². The Kier molecular flexibility index (Phi) is 4.46. The minimum absolute atomic E-state index is 0.0000463. The summed E-state index contributed by atoms with van der Waals surface area (Å²) in [6.45, 7) is 3.64. The molecule has 0 unspecified atom stereocenters. The summed E-state index contributed by atoms with van der Waals surface area (Å²) >= 11 is 1.14. The van der Waals surface area contributed by atoms with Gasteiger partial charge in [-0.2, -0.15) is 0 Å². The van der Waals surface area contributed by atoms with Crippen LogP contribution in [-0.4, -0.2) is 44.5 Å². The van der Waals surface area contributed by atoms with E-state index in [1.165, 1.54) is 6.08 Å². The standard InChI is InChI=1S/C9H11N3O3S/c1-2-5-12(9(13)14)6-7(11-15)8-3-4-10-16-8/h2-4,15H,1,5-6H2,(H,13,14)/b11-7-. The lowest BCUT2D eigenvalue weighted by Crippen LogP contribution is -2.34. The van der Waals surface area contributed by atoms with Gasteiger partial charge in [0.2, 0.25) is 0 Å². The van der Waals surface area contributed by atoms with Crippen LogP contribution in [-0.2, 0) is 0 Å². The van der Waals surface area contributed by atoms with Gasteiger partial charge in [0.15, 0.2) is 0 Å². The largest absolute Gasteiger partial charge is 0.465 e. The maximum Gasteiger partial charge on any atom is 0.407 e. The molecular formula is C9H11N3O3S. The first-order valence-electron chi connectivity index (χ1n) is 4.39. The predicted octanol–water partition coefficient (Wildman–Crippen LogP) is 1.49. The summed E-state index contributed by atoms with van der Waals surface area (Å²) in [4.78, 5) is 12.6. The van der Waals surface area contributed by atoms with Crippen LogP contribution >= 0.6 is 11.5 Å². The minimum Gasteiger partial charge on any atom is -0.465 e. The molecule has 0 aromatic carbocycles. The number of carbonyl (C=O) groups is 1. The van der Waals surface area contributed by atoms with Gasteiger partial charge in [0.1, 0.15) is 5.71 Å². The zero-order chi connectivity index (χ0) is 12.0. The van der Waals surface area contributed by atoms with E-state index in [0.717, 1.165) is 16.4 Å². The van der Waals surface area contributed by atoms with E-state index in [0.29, 0.717) is 4.88 Å². The van der Waals surface area contributed by atoms with Gasteiger partial charge in [-0.05, 0) is 17.6 Å². The van der Waals surface area contributed by atoms with Crippen molar-refractivity contribution in [1.29, 1.82) is 0 Å². The van der Waals surface area contributed by atoms with Crippen molar-refractivity contribution in [3.63, 3.8) is 0 Å². The highest BCUT2D eigenvalue weighted by Gasteiger charge is 2.15. The van der Waals surface area contributed by atoms with Crippen molar-refractivity contribution in [2.24, 2.45) is 5.16 Å². The van der Waals surface area contributed by atoms with Crippen LogP contribution in [0.25, 0.3) is 0 Å². The monoisotopic (exact) mass is 241 g/mol. The summed E-state index contributed by atoms with van der Waals surface area (Å²) in [7, 11) is 0. The molecule has 0 bridgehead atoms. The molecule has 2 N–H and O–H groups in total. The number of amides is 1. The average Bonchev–Trinajstić information content (AvgIpc) is 2.77. The maximum atomic E-state index is 10.8. The molecule has 0 saturated carbocycles. The molecule has 0 aliphatic carbocycles. The van der Waals surface area contributed by atoms with Gasteiger partial charge in [0.05, 0.1) is 11.4 Å². The van der Waals surface area contributed by atoms with Crippen molar-refractivity contribution in [2.75, 3.05) is 13.1 Å². The van der Waals surface area contributed by atoms with Crippen LogP contribution in [0.5, 0.6) is 0 Å². The number of rotatable bonds is 5. The molecule has 0 atom stereocenters. The quantitative estimate of drug-likeness (QED) is 0.354. The maximum absolute atomic E-state index is 10.8. The van der Waals surface area contributed by atoms with Crippen LogP contribution in [0, 0.1) is 0 Å². The van der Waals surface area contributed by atoms with E-state index in [9.17, 15) is 4.79 Å². The van der Waals surface area contributed by atoms with Crippen LogP contribution in [0.3, 0.4) is 0 Å². The Hall–Kier alpha value is -1.89. The number of hydrogen-bond acceptors (Lipinski definition) is 5. The average molecular weight is 241 g/mol. The van der Waals surface area contributed by atoms with Crippen LogP contribution < -0.4 is 0 Å². The van der Waals surface area contributed by atoms with Crippen molar-refractivity contribution in [1.82, 2.24) is 9.27 Å². The van der Waals surface area contributed by atoms with Crippen LogP contribution in [0.4, 0.5) is 4.79 Å². The normalized spacial score (nSPS) is 11.1. The summed E-state index contributed by atoms with van der Waals surface area (Å²) in [6.07, 6.45) is 1.94. The van der Waals surface area contributed by atoms with E-state index in [2.05, 4.69) is 16.1 Å². The van der Waals surface area contributed by atoms with Gasteiger partial charge >= 0.3 is 6.09 Å². The lowest BCUT2D eigenvalue weighted by molar-refractivity contribution is 0.156. The number of nitrogens with zero attached hydrogens (tertiary/aromatic N) is 3. The molecular weight excluding hydrogens is 230 g/mol. The lowest BCUT2D eigenvalue weighted by Gasteiger charge is -2.16. The van der Waals surface area contributed by atoms with Gasteiger partial charge in [0.25, 0.3) is 0 Å². The highest BCUT2D eigenvalue weighted by atomic mass is 32.1. The second-order valence-corrected chi connectivity index (χ2v) is 3.71. The molecule has 1 amide bonds. The highest BCUT2D eigenvalue weighted by Crippen LogP contribution is 2.08. The van der Waals surface area contributed by atoms with E-state index in [1.54, 1.807) is 12.3 Å². The Morgan fingerprint density at radius 2 is 2.50 bits per heavy atom. The van der Waals surface area contributed by atoms with Crippen molar-refractivity contribution in [3.8, 4) is 0 Å². The molecule has 1 aromatic heterocycles. The summed E-state index contributed by atoms with van der Waals surface area (Å²) in [5.74, 6) is 0. The summed E-state index contributed by atoms with van der Waals surface area (Å²) < 4.78 is 3.85. The van der Waals surface area contributed by atoms with Crippen LogP contribution in [0.15, 0.2) is 30.1 Å². The van der Waals surface area contributed by atoms with Crippen molar-refractivity contribution < 1.29 is 15.1 Å². The minimum atomic E-state index is -1.09. The summed E-state index contributed by atoms with van der Waals surface area (Å²) in [5.41, 5.74) is 0.270. The fraction of sp³-hybridized carbons (Fsp3) is 0.222. The van der Waals surface area contributed by atoms with Crippen molar-refractivity contribution >= 4 is 23.3 Å². The van der Waals surface area contributed by atoms with Gasteiger partial charge in [-0.25, -0.2) is 9.17 Å². The second kappa shape index (κ2) is 5.86. The molecule has 0 aliphatic rings. The molecule has 0 saturated heterocycles. The van der Waals surface area contributed by atoms with E-state index in [-0.39, 0.29) is 18.8 Å². The predicted molar refractivity (Wildman–Crippen MR) is 60.2 cm³/mol. The van der Waals surface area contributed by atoms with E-state index in [4.69, 9.17) is 10.3 Å². The molecule has 1 aromatic rings. The van der Waals surface area contributed by atoms with Gasteiger partial charge in [-0.1, -0.05) is 11.2 Å². The van der Waals surface area contributed by atoms with Gasteiger partial charge in [-0.3, -0.25) is 4.90 Å². The topological polar surface area (TPSA) is 86.0 Å². The number of carboxylic acid groups (broad SMARTS) is 1. The first kappa shape index (κ1) is 12.2. The fourth-order valence-electron chi connectivity index (χ4n) is 1.07. The van der Waals surface area contributed by atoms with E-state index < -0.39 is 6.09 Å². The molecule has 1 heterocycles. The van der Waals surface area contributed by atoms with Gasteiger partial charge in [0, 0.05) is 12.7 Å². The first-order valence-corrected chi connectivity index (χ1v) is 5.17. The Bertz CT molecular complexity index is 389. The van der Waals surface area contributed by atoms with E-state index >= 15 is 0 Å². The molecule has 1 rings (SSSR count). The molecule has 6 nitrogen and oxygen atoms in total. The fourth-order valence-corrected chi connectivity index (χ4v) is 1.64. The third kappa shape index (κ3) is 3.06. The van der Waals surface area contributed by atoms with Crippen molar-refractivity contribution in [3.05, 3.63) is 29.8 Å². The summed E-state index contributed by atoms with van der Waals surface area (Å²) in [6, 6.07) is 1.66. The van der Waals surface area contributed by atoms with Gasteiger partial charge in [-0.15, -0.1) is 6.58 Å². The highest BCUT2D eigenvalue weighted by molar-refractivity contribution is 7.08. The lowest BCUT2D eigenvalue weighted by atomic mass is 10.3. The molecule has 0 aliphatic heterocycles. The molecule has 16 heavy (non-hydrogen) atoms. The number of hydrogen-bond donors (Lipinski definition) is 2. The zero-order valence-electron chi connectivity index (χ0n) is 8.41. The van der Waals surface area contributed by atoms with Gasteiger partial charge < -0.3 is 10.3 Å². The third-order valence-corrected chi connectivity index (χ3v) is 2.60. The molecule has 0 fully saturated rings. The summed E-state index contributed by atoms with van der Waals surface area (Å²) in [5, 5.41) is 20.8. The molecule has 0 spiro atoms. The number of aromatic nitrogens is 1. The first-order chi connectivity index (χ1) is 7.69. The third-order valence-electron chi connectivity index (χ3n) is 1.80. The number of oxime groups is 1. The van der Waals surface area contributed by atoms with Crippen molar-refractivity contribution in [2.45, 2.75) is 0 Å². The Balaban J connectivity index is 2.76. The Morgan fingerprint density at radius 1 is 1.75 bits per heavy atom. The molecule has 86 valence electrons. The van der Waals surface area contributed by atoms with Crippen LogP contribution in [0.2, 0.25) is 0 Å². The molecule has 7 heteroatoms. The second-order valence-electron chi connectivity index (χ2n) is 2.88.